The van der Waals surface area contributed by atoms with Crippen LogP contribution >= 0.6 is 35.7 Å². The van der Waals surface area contributed by atoms with Crippen LogP contribution in [0.4, 0.5) is 0 Å². The molecule has 3 nitrogen and oxygen atoms in total. The first-order valence-corrected chi connectivity index (χ1v) is 6.96. The van der Waals surface area contributed by atoms with Crippen LogP contribution in [0, 0.1) is 0 Å². The molecule has 1 atom stereocenters. The number of rotatable bonds is 5. The summed E-state index contributed by atoms with van der Waals surface area (Å²) in [7, 11) is 0. The fourth-order valence-electron chi connectivity index (χ4n) is 1.72. The van der Waals surface area contributed by atoms with E-state index in [1.807, 2.05) is 17.8 Å². The van der Waals surface area contributed by atoms with Gasteiger partial charge in [0.1, 0.15) is 0 Å². The first-order valence-electron chi connectivity index (χ1n) is 5.97. The van der Waals surface area contributed by atoms with Crippen molar-refractivity contribution >= 4 is 41.7 Å². The fraction of sp³-hybridized carbons (Fsp3) is 0.750. The summed E-state index contributed by atoms with van der Waals surface area (Å²) in [5.74, 6) is 2.18. The molecule has 0 spiro atoms. The third-order valence-electron chi connectivity index (χ3n) is 2.63. The highest BCUT2D eigenvalue weighted by atomic mass is 127. The minimum Gasteiger partial charge on any atom is -0.357 e. The van der Waals surface area contributed by atoms with Gasteiger partial charge in [-0.15, -0.1) is 30.6 Å². The Hall–Kier alpha value is 0.0900. The van der Waals surface area contributed by atoms with Crippen LogP contribution in [0.5, 0.6) is 0 Å². The maximum atomic E-state index is 4.63. The average Bonchev–Trinajstić information content (AvgIpc) is 2.70. The van der Waals surface area contributed by atoms with Crippen LogP contribution in [0.3, 0.4) is 0 Å². The molecule has 0 aromatic rings. The molecular weight excluding hydrogens is 345 g/mol. The van der Waals surface area contributed by atoms with Crippen LogP contribution in [-0.4, -0.2) is 36.1 Å². The zero-order valence-electron chi connectivity index (χ0n) is 10.8. The molecule has 1 aliphatic heterocycles. The van der Waals surface area contributed by atoms with Crippen LogP contribution in [0.1, 0.15) is 26.7 Å². The largest absolute Gasteiger partial charge is 0.357 e. The standard InChI is InChI=1S/C12H23N3S.HI/c1-4-8-14-11(13-5-2)15-10-12(3)7-6-9-16-12;/h4H,1,5-10H2,2-3H3,(H2,13,14,15);1H. The maximum absolute atomic E-state index is 4.63. The second-order valence-electron chi connectivity index (χ2n) is 4.27. The first kappa shape index (κ1) is 17.1. The molecule has 1 heterocycles. The minimum absolute atomic E-state index is 0. The number of nitrogens with one attached hydrogen (secondary N) is 2. The van der Waals surface area contributed by atoms with E-state index in [4.69, 9.17) is 0 Å². The van der Waals surface area contributed by atoms with E-state index in [9.17, 15) is 0 Å². The summed E-state index contributed by atoms with van der Waals surface area (Å²) in [4.78, 5) is 4.63. The van der Waals surface area contributed by atoms with Crippen molar-refractivity contribution in [2.45, 2.75) is 31.4 Å². The van der Waals surface area contributed by atoms with E-state index in [1.54, 1.807) is 0 Å². The van der Waals surface area contributed by atoms with Gasteiger partial charge in [0.15, 0.2) is 5.96 Å². The number of guanidine groups is 1. The van der Waals surface area contributed by atoms with E-state index in [-0.39, 0.29) is 24.0 Å². The van der Waals surface area contributed by atoms with Crippen molar-refractivity contribution in [3.05, 3.63) is 12.7 Å². The highest BCUT2D eigenvalue weighted by Crippen LogP contribution is 2.37. The van der Waals surface area contributed by atoms with Crippen LogP contribution in [0.25, 0.3) is 0 Å². The third kappa shape index (κ3) is 6.55. The predicted molar refractivity (Wildman–Crippen MR) is 89.7 cm³/mol. The summed E-state index contributed by atoms with van der Waals surface area (Å²) in [5.41, 5.74) is 0. The summed E-state index contributed by atoms with van der Waals surface area (Å²) in [6.07, 6.45) is 4.45. The number of hydrogen-bond donors (Lipinski definition) is 2. The molecule has 1 aliphatic rings. The van der Waals surface area contributed by atoms with Crippen molar-refractivity contribution in [1.29, 1.82) is 0 Å². The van der Waals surface area contributed by atoms with Gasteiger partial charge in [0.25, 0.3) is 0 Å². The van der Waals surface area contributed by atoms with Gasteiger partial charge < -0.3 is 10.6 Å². The summed E-state index contributed by atoms with van der Waals surface area (Å²) in [6.45, 7) is 10.6. The normalized spacial score (nSPS) is 24.0. The molecule has 0 amide bonds. The van der Waals surface area contributed by atoms with Crippen molar-refractivity contribution < 1.29 is 0 Å². The summed E-state index contributed by atoms with van der Waals surface area (Å²) in [5, 5.41) is 6.46. The molecule has 100 valence electrons. The molecule has 0 aromatic heterocycles. The number of aliphatic imine (C=N–C) groups is 1. The summed E-state index contributed by atoms with van der Waals surface area (Å²) < 4.78 is 0.344. The lowest BCUT2D eigenvalue weighted by atomic mass is 10.1. The molecule has 1 saturated heterocycles. The van der Waals surface area contributed by atoms with Crippen molar-refractivity contribution in [3.63, 3.8) is 0 Å². The number of halogens is 1. The van der Waals surface area contributed by atoms with Crippen molar-refractivity contribution in [3.8, 4) is 0 Å². The van der Waals surface area contributed by atoms with Crippen molar-refractivity contribution in [2.75, 3.05) is 25.4 Å². The van der Waals surface area contributed by atoms with E-state index in [2.05, 4.69) is 36.1 Å². The summed E-state index contributed by atoms with van der Waals surface area (Å²) in [6, 6.07) is 0. The molecule has 2 N–H and O–H groups in total. The summed E-state index contributed by atoms with van der Waals surface area (Å²) >= 11 is 2.05. The number of nitrogens with zero attached hydrogens (tertiary/aromatic N) is 1. The van der Waals surface area contributed by atoms with Crippen molar-refractivity contribution in [2.24, 2.45) is 4.99 Å². The lowest BCUT2D eigenvalue weighted by molar-refractivity contribution is 0.615. The van der Waals surface area contributed by atoms with Crippen LogP contribution < -0.4 is 10.6 Å². The third-order valence-corrected chi connectivity index (χ3v) is 4.15. The zero-order chi connectivity index (χ0) is 11.9. The molecule has 17 heavy (non-hydrogen) atoms. The number of thioether (sulfide) groups is 1. The molecule has 1 rings (SSSR count). The Balaban J connectivity index is 0.00000256. The minimum atomic E-state index is 0. The Bertz CT molecular complexity index is 250. The highest BCUT2D eigenvalue weighted by molar-refractivity contribution is 14.0. The van der Waals surface area contributed by atoms with Gasteiger partial charge in [-0.2, -0.15) is 11.8 Å². The van der Waals surface area contributed by atoms with Crippen LogP contribution in [0.2, 0.25) is 0 Å². The Morgan fingerprint density at radius 2 is 2.29 bits per heavy atom. The smallest absolute Gasteiger partial charge is 0.191 e. The number of hydrogen-bond acceptors (Lipinski definition) is 2. The van der Waals surface area contributed by atoms with E-state index in [1.165, 1.54) is 18.6 Å². The molecule has 0 saturated carbocycles. The molecule has 5 heteroatoms. The van der Waals surface area contributed by atoms with E-state index in [0.717, 1.165) is 25.6 Å². The van der Waals surface area contributed by atoms with Gasteiger partial charge >= 0.3 is 0 Å². The molecule has 0 radical (unpaired) electrons. The SMILES string of the molecule is C=CCNC(=NCC1(C)CCCS1)NCC.I. The molecule has 0 bridgehead atoms. The maximum Gasteiger partial charge on any atom is 0.191 e. The van der Waals surface area contributed by atoms with Gasteiger partial charge in [0.2, 0.25) is 0 Å². The predicted octanol–water partition coefficient (Wildman–Crippen LogP) is 2.63. The zero-order valence-corrected chi connectivity index (χ0v) is 13.9. The molecule has 0 aliphatic carbocycles. The first-order chi connectivity index (χ1) is 7.70. The second kappa shape index (κ2) is 9.08. The molecule has 1 fully saturated rings. The van der Waals surface area contributed by atoms with Gasteiger partial charge in [-0.25, -0.2) is 0 Å². The Morgan fingerprint density at radius 1 is 1.53 bits per heavy atom. The van der Waals surface area contributed by atoms with Gasteiger partial charge in [-0.3, -0.25) is 4.99 Å². The van der Waals surface area contributed by atoms with E-state index in [0.29, 0.717) is 4.75 Å². The Kier molecular flexibility index (Phi) is 9.13. The Labute approximate surface area is 126 Å². The topological polar surface area (TPSA) is 36.4 Å². The lowest BCUT2D eigenvalue weighted by Gasteiger charge is -2.20. The van der Waals surface area contributed by atoms with Crippen LogP contribution in [0.15, 0.2) is 17.6 Å². The van der Waals surface area contributed by atoms with Crippen LogP contribution in [-0.2, 0) is 0 Å². The van der Waals surface area contributed by atoms with Crippen molar-refractivity contribution in [1.82, 2.24) is 10.6 Å². The monoisotopic (exact) mass is 369 g/mol. The van der Waals surface area contributed by atoms with E-state index < -0.39 is 0 Å². The molecular formula is C12H24IN3S. The van der Waals surface area contributed by atoms with E-state index >= 15 is 0 Å². The quantitative estimate of drug-likeness (QED) is 0.339. The highest BCUT2D eigenvalue weighted by Gasteiger charge is 2.29. The van der Waals surface area contributed by atoms with Gasteiger partial charge in [0.05, 0.1) is 6.54 Å². The second-order valence-corrected chi connectivity index (χ2v) is 5.95. The fourth-order valence-corrected chi connectivity index (χ4v) is 2.94. The molecule has 1 unspecified atom stereocenters. The average molecular weight is 369 g/mol. The lowest BCUT2D eigenvalue weighted by Crippen LogP contribution is -2.38. The van der Waals surface area contributed by atoms with Gasteiger partial charge in [-0.05, 0) is 32.4 Å². The Morgan fingerprint density at radius 3 is 2.82 bits per heavy atom. The van der Waals surface area contributed by atoms with Gasteiger partial charge in [-0.1, -0.05) is 6.08 Å². The van der Waals surface area contributed by atoms with Gasteiger partial charge in [0, 0.05) is 17.8 Å². The molecule has 0 aromatic carbocycles.